The minimum Gasteiger partial charge on any atom is -0.508 e. The van der Waals surface area contributed by atoms with E-state index >= 15 is 0 Å². The highest BCUT2D eigenvalue weighted by Crippen LogP contribution is 2.21. The van der Waals surface area contributed by atoms with Crippen molar-refractivity contribution in [3.63, 3.8) is 0 Å². The molecule has 112 valence electrons. The van der Waals surface area contributed by atoms with Crippen LogP contribution in [0.15, 0.2) is 66.9 Å². The third-order valence-corrected chi connectivity index (χ3v) is 4.06. The maximum atomic E-state index is 9.56. The van der Waals surface area contributed by atoms with E-state index in [9.17, 15) is 5.11 Å². The fourth-order valence-corrected chi connectivity index (χ4v) is 2.72. The Bertz CT molecular complexity index is 756. The molecule has 1 aliphatic rings. The lowest BCUT2D eigenvalue weighted by molar-refractivity contribution is 0.431. The van der Waals surface area contributed by atoms with E-state index in [1.54, 1.807) is 12.2 Å². The summed E-state index contributed by atoms with van der Waals surface area (Å²) < 4.78 is 2.11. The van der Waals surface area contributed by atoms with Crippen molar-refractivity contribution in [1.29, 1.82) is 0 Å². The normalized spacial score (nSPS) is 14.4. The number of hydrogen-bond acceptors (Lipinski definition) is 2. The molecule has 0 aliphatic heterocycles. The van der Waals surface area contributed by atoms with Crippen molar-refractivity contribution in [3.8, 4) is 0 Å². The predicted octanol–water partition coefficient (Wildman–Crippen LogP) is 4.56. The second kappa shape index (κ2) is 6.67. The van der Waals surface area contributed by atoms with Gasteiger partial charge < -0.3 is 9.67 Å². The van der Waals surface area contributed by atoms with Gasteiger partial charge in [-0.3, -0.25) is 0 Å². The summed E-state index contributed by atoms with van der Waals surface area (Å²) in [5.74, 6) is 0.299. The van der Waals surface area contributed by atoms with Gasteiger partial charge in [0.15, 0.2) is 0 Å². The summed E-state index contributed by atoms with van der Waals surface area (Å²) in [6.45, 7) is 0.809. The molecule has 0 unspecified atom stereocenters. The summed E-state index contributed by atoms with van der Waals surface area (Å²) >= 11 is 6.21. The van der Waals surface area contributed by atoms with Crippen LogP contribution in [0.5, 0.6) is 0 Å². The first kappa shape index (κ1) is 14.7. The monoisotopic (exact) mass is 312 g/mol. The van der Waals surface area contributed by atoms with Crippen LogP contribution >= 0.6 is 11.6 Å². The molecule has 1 aliphatic carbocycles. The quantitative estimate of drug-likeness (QED) is 0.898. The number of halogens is 1. The van der Waals surface area contributed by atoms with Gasteiger partial charge in [0.25, 0.3) is 0 Å². The zero-order valence-corrected chi connectivity index (χ0v) is 12.9. The lowest BCUT2D eigenvalue weighted by Crippen LogP contribution is -2.04. The molecular formula is C18H17ClN2O. The standard InChI is InChI=1S/C18H17ClN2O/c19-17-7-2-1-4-14(17)10-11-21-13-20-12-18(21)15-5-3-6-16(22)9-8-15/h1-2,4-9,12-13,22H,3,10-11H2. The van der Waals surface area contributed by atoms with Crippen LogP contribution in [0.3, 0.4) is 0 Å². The molecule has 1 aromatic carbocycles. The minimum absolute atomic E-state index is 0.299. The van der Waals surface area contributed by atoms with E-state index in [-0.39, 0.29) is 0 Å². The summed E-state index contributed by atoms with van der Waals surface area (Å²) in [4.78, 5) is 4.26. The zero-order valence-electron chi connectivity index (χ0n) is 12.1. The number of rotatable bonds is 4. The molecule has 0 atom stereocenters. The average molecular weight is 313 g/mol. The fourth-order valence-electron chi connectivity index (χ4n) is 2.49. The molecule has 1 N–H and O–H groups in total. The van der Waals surface area contributed by atoms with Crippen LogP contribution in [0.4, 0.5) is 0 Å². The first-order chi connectivity index (χ1) is 10.7. The Hall–Kier alpha value is -2.26. The third kappa shape index (κ3) is 3.31. The Morgan fingerprint density at radius 3 is 2.91 bits per heavy atom. The highest BCUT2D eigenvalue weighted by atomic mass is 35.5. The molecule has 22 heavy (non-hydrogen) atoms. The number of imidazole rings is 1. The summed E-state index contributed by atoms with van der Waals surface area (Å²) in [5.41, 5.74) is 3.25. The van der Waals surface area contributed by atoms with E-state index in [0.717, 1.165) is 34.8 Å². The maximum absolute atomic E-state index is 9.56. The average Bonchev–Trinajstić information content (AvgIpc) is 2.88. The molecule has 0 fully saturated rings. The van der Waals surface area contributed by atoms with Crippen molar-refractivity contribution in [2.24, 2.45) is 0 Å². The van der Waals surface area contributed by atoms with Gasteiger partial charge >= 0.3 is 0 Å². The van der Waals surface area contributed by atoms with E-state index in [1.165, 1.54) is 0 Å². The van der Waals surface area contributed by atoms with Gasteiger partial charge in [0.1, 0.15) is 5.76 Å². The van der Waals surface area contributed by atoms with Crippen LogP contribution in [0.25, 0.3) is 5.57 Å². The third-order valence-electron chi connectivity index (χ3n) is 3.69. The highest BCUT2D eigenvalue weighted by molar-refractivity contribution is 6.31. The lowest BCUT2D eigenvalue weighted by Gasteiger charge is -2.10. The molecule has 2 aromatic rings. The number of aromatic nitrogens is 2. The molecule has 1 aromatic heterocycles. The van der Waals surface area contributed by atoms with Crippen molar-refractivity contribution in [1.82, 2.24) is 9.55 Å². The topological polar surface area (TPSA) is 38.1 Å². The van der Waals surface area contributed by atoms with Gasteiger partial charge in [0.2, 0.25) is 0 Å². The van der Waals surface area contributed by atoms with Crippen LogP contribution in [0.1, 0.15) is 17.7 Å². The van der Waals surface area contributed by atoms with Gasteiger partial charge in [-0.15, -0.1) is 0 Å². The molecule has 0 amide bonds. The molecule has 0 saturated heterocycles. The van der Waals surface area contributed by atoms with Crippen LogP contribution in [-0.4, -0.2) is 14.7 Å². The predicted molar refractivity (Wildman–Crippen MR) is 89.8 cm³/mol. The first-order valence-corrected chi connectivity index (χ1v) is 7.63. The van der Waals surface area contributed by atoms with Crippen molar-refractivity contribution in [2.75, 3.05) is 0 Å². The Morgan fingerprint density at radius 2 is 2.05 bits per heavy atom. The Morgan fingerprint density at radius 1 is 1.18 bits per heavy atom. The number of allylic oxidation sites excluding steroid dienone is 5. The van der Waals surface area contributed by atoms with Crippen molar-refractivity contribution in [3.05, 3.63) is 83.1 Å². The Balaban J connectivity index is 1.77. The number of hydrogen-bond donors (Lipinski definition) is 1. The molecule has 3 rings (SSSR count). The van der Waals surface area contributed by atoms with Crippen LogP contribution in [0.2, 0.25) is 5.02 Å². The minimum atomic E-state index is 0.299. The van der Waals surface area contributed by atoms with E-state index in [2.05, 4.69) is 15.6 Å². The lowest BCUT2D eigenvalue weighted by atomic mass is 10.1. The molecule has 0 radical (unpaired) electrons. The number of aliphatic hydroxyl groups is 1. The maximum Gasteiger partial charge on any atom is 0.111 e. The number of aryl methyl sites for hydroxylation is 2. The second-order valence-corrected chi connectivity index (χ2v) is 5.58. The molecule has 0 saturated carbocycles. The zero-order chi connectivity index (χ0) is 15.4. The summed E-state index contributed by atoms with van der Waals surface area (Å²) in [7, 11) is 0. The van der Waals surface area contributed by atoms with Gasteiger partial charge in [-0.25, -0.2) is 4.98 Å². The number of benzene rings is 1. The van der Waals surface area contributed by atoms with Crippen LogP contribution < -0.4 is 0 Å². The summed E-state index contributed by atoms with van der Waals surface area (Å²) in [6, 6.07) is 7.90. The molecule has 1 heterocycles. The van der Waals surface area contributed by atoms with E-state index in [4.69, 9.17) is 11.6 Å². The summed E-state index contributed by atoms with van der Waals surface area (Å²) in [5, 5.41) is 10.4. The number of nitrogens with zero attached hydrogens (tertiary/aromatic N) is 2. The number of aliphatic hydroxyl groups excluding tert-OH is 1. The SMILES string of the molecule is OC1=CCC=C(c2cncn2CCc2ccccc2Cl)C=C1. The van der Waals surface area contributed by atoms with Gasteiger partial charge in [0.05, 0.1) is 18.2 Å². The fraction of sp³-hybridized carbons (Fsp3) is 0.167. The molecular weight excluding hydrogens is 296 g/mol. The van der Waals surface area contributed by atoms with E-state index < -0.39 is 0 Å². The molecule has 0 spiro atoms. The van der Waals surface area contributed by atoms with Crippen LogP contribution in [0, 0.1) is 0 Å². The Labute approximate surface area is 134 Å². The van der Waals surface area contributed by atoms with Crippen molar-refractivity contribution < 1.29 is 5.11 Å². The highest BCUT2D eigenvalue weighted by Gasteiger charge is 2.08. The van der Waals surface area contributed by atoms with Crippen molar-refractivity contribution in [2.45, 2.75) is 19.4 Å². The largest absolute Gasteiger partial charge is 0.508 e. The molecule has 3 nitrogen and oxygen atoms in total. The van der Waals surface area contributed by atoms with Crippen molar-refractivity contribution >= 4 is 17.2 Å². The van der Waals surface area contributed by atoms with E-state index in [0.29, 0.717) is 12.2 Å². The van der Waals surface area contributed by atoms with Gasteiger partial charge in [-0.05, 0) is 48.3 Å². The van der Waals surface area contributed by atoms with Gasteiger partial charge in [-0.2, -0.15) is 0 Å². The van der Waals surface area contributed by atoms with Crippen LogP contribution in [-0.2, 0) is 13.0 Å². The summed E-state index contributed by atoms with van der Waals surface area (Å²) in [6.07, 6.45) is 12.8. The smallest absolute Gasteiger partial charge is 0.111 e. The Kier molecular flexibility index (Phi) is 4.45. The van der Waals surface area contributed by atoms with Gasteiger partial charge in [-0.1, -0.05) is 35.9 Å². The molecule has 4 heteroatoms. The molecule has 0 bridgehead atoms. The van der Waals surface area contributed by atoms with Gasteiger partial charge in [0, 0.05) is 11.6 Å². The second-order valence-electron chi connectivity index (χ2n) is 5.17. The first-order valence-electron chi connectivity index (χ1n) is 7.25. The van der Waals surface area contributed by atoms with E-state index in [1.807, 2.05) is 42.9 Å².